The summed E-state index contributed by atoms with van der Waals surface area (Å²) in [5.41, 5.74) is 2.55. The van der Waals surface area contributed by atoms with Crippen molar-refractivity contribution in [2.75, 3.05) is 6.61 Å². The van der Waals surface area contributed by atoms with Crippen molar-refractivity contribution in [3.8, 4) is 11.5 Å². The standard InChI is InChI=1S/C24H22O3/c1-2-26-21-15-12-19(13-16-21)14-17-23(25)22-10-6-7-11-24(22)27-18-20-8-4-3-5-9-20/h3-17H,2,18H2,1H3. The monoisotopic (exact) mass is 358 g/mol. The maximum Gasteiger partial charge on any atom is 0.189 e. The molecule has 0 spiro atoms. The summed E-state index contributed by atoms with van der Waals surface area (Å²) in [6, 6.07) is 24.8. The molecule has 3 heteroatoms. The van der Waals surface area contributed by atoms with Gasteiger partial charge < -0.3 is 9.47 Å². The predicted octanol–water partition coefficient (Wildman–Crippen LogP) is 5.56. The van der Waals surface area contributed by atoms with Crippen LogP contribution in [0.25, 0.3) is 6.08 Å². The molecule has 0 aromatic heterocycles. The maximum atomic E-state index is 12.6. The SMILES string of the molecule is CCOc1ccc(C=CC(=O)c2ccccc2OCc2ccccc2)cc1. The Kier molecular flexibility index (Phi) is 6.42. The number of carbonyl (C=O) groups excluding carboxylic acids is 1. The lowest BCUT2D eigenvalue weighted by Gasteiger charge is -2.09. The summed E-state index contributed by atoms with van der Waals surface area (Å²) in [5.74, 6) is 1.32. The van der Waals surface area contributed by atoms with E-state index in [1.54, 1.807) is 18.2 Å². The smallest absolute Gasteiger partial charge is 0.189 e. The van der Waals surface area contributed by atoms with Crippen LogP contribution in [0, 0.1) is 0 Å². The van der Waals surface area contributed by atoms with Crippen molar-refractivity contribution in [1.82, 2.24) is 0 Å². The summed E-state index contributed by atoms with van der Waals surface area (Å²) in [7, 11) is 0. The van der Waals surface area contributed by atoms with Gasteiger partial charge in [-0.2, -0.15) is 0 Å². The fraction of sp³-hybridized carbons (Fsp3) is 0.125. The second-order valence-corrected chi connectivity index (χ2v) is 5.97. The van der Waals surface area contributed by atoms with Gasteiger partial charge in [0.05, 0.1) is 12.2 Å². The van der Waals surface area contributed by atoms with Gasteiger partial charge in [-0.15, -0.1) is 0 Å². The average Bonchev–Trinajstić information content (AvgIpc) is 2.73. The summed E-state index contributed by atoms with van der Waals surface area (Å²) in [6.45, 7) is 3.00. The Bertz CT molecular complexity index is 896. The average molecular weight is 358 g/mol. The lowest BCUT2D eigenvalue weighted by atomic mass is 10.1. The summed E-state index contributed by atoms with van der Waals surface area (Å²) in [6.07, 6.45) is 3.37. The van der Waals surface area contributed by atoms with Crippen molar-refractivity contribution in [2.45, 2.75) is 13.5 Å². The van der Waals surface area contributed by atoms with E-state index in [0.717, 1.165) is 16.9 Å². The molecule has 0 heterocycles. The van der Waals surface area contributed by atoms with Gasteiger partial charge >= 0.3 is 0 Å². The molecule has 0 aliphatic carbocycles. The first-order chi connectivity index (χ1) is 13.3. The first-order valence-corrected chi connectivity index (χ1v) is 8.97. The normalized spacial score (nSPS) is 10.7. The molecule has 27 heavy (non-hydrogen) atoms. The van der Waals surface area contributed by atoms with Gasteiger partial charge in [0.25, 0.3) is 0 Å². The van der Waals surface area contributed by atoms with Crippen LogP contribution in [0.5, 0.6) is 11.5 Å². The molecular formula is C24H22O3. The number of benzene rings is 3. The molecule has 0 saturated heterocycles. The highest BCUT2D eigenvalue weighted by Gasteiger charge is 2.09. The Labute approximate surface area is 159 Å². The zero-order chi connectivity index (χ0) is 18.9. The molecule has 0 N–H and O–H groups in total. The summed E-state index contributed by atoms with van der Waals surface area (Å²) in [5, 5.41) is 0. The maximum absolute atomic E-state index is 12.6. The van der Waals surface area contributed by atoms with Gasteiger partial charge in [0.15, 0.2) is 5.78 Å². The van der Waals surface area contributed by atoms with Crippen LogP contribution < -0.4 is 9.47 Å². The number of hydrogen-bond acceptors (Lipinski definition) is 3. The third-order valence-corrected chi connectivity index (χ3v) is 4.01. The van der Waals surface area contributed by atoms with Gasteiger partial charge in [0.1, 0.15) is 18.1 Å². The molecule has 0 radical (unpaired) electrons. The van der Waals surface area contributed by atoms with Gasteiger partial charge in [-0.1, -0.05) is 60.7 Å². The van der Waals surface area contributed by atoms with Crippen molar-refractivity contribution >= 4 is 11.9 Å². The van der Waals surface area contributed by atoms with Gasteiger partial charge in [0.2, 0.25) is 0 Å². The van der Waals surface area contributed by atoms with E-state index in [1.807, 2.05) is 79.7 Å². The summed E-state index contributed by atoms with van der Waals surface area (Å²) in [4.78, 5) is 12.6. The van der Waals surface area contributed by atoms with Gasteiger partial charge in [0, 0.05) is 0 Å². The van der Waals surface area contributed by atoms with Crippen LogP contribution in [0.1, 0.15) is 28.4 Å². The van der Waals surface area contributed by atoms with Crippen molar-refractivity contribution < 1.29 is 14.3 Å². The Balaban J connectivity index is 1.69. The molecule has 0 saturated carbocycles. The summed E-state index contributed by atoms with van der Waals surface area (Å²) < 4.78 is 11.3. The van der Waals surface area contributed by atoms with Crippen molar-refractivity contribution in [2.24, 2.45) is 0 Å². The predicted molar refractivity (Wildman–Crippen MR) is 108 cm³/mol. The van der Waals surface area contributed by atoms with Crippen LogP contribution in [0.2, 0.25) is 0 Å². The Morgan fingerprint density at radius 1 is 0.852 bits per heavy atom. The van der Waals surface area contributed by atoms with Crippen LogP contribution in [-0.4, -0.2) is 12.4 Å². The molecule has 0 atom stereocenters. The number of rotatable bonds is 8. The molecule has 3 rings (SSSR count). The first kappa shape index (κ1) is 18.5. The molecule has 0 unspecified atom stereocenters. The molecule has 3 aromatic rings. The second-order valence-electron chi connectivity index (χ2n) is 5.97. The molecule has 0 aliphatic heterocycles. The fourth-order valence-electron chi connectivity index (χ4n) is 2.63. The zero-order valence-corrected chi connectivity index (χ0v) is 15.3. The van der Waals surface area contributed by atoms with E-state index in [0.29, 0.717) is 24.5 Å². The van der Waals surface area contributed by atoms with Crippen LogP contribution in [-0.2, 0) is 6.61 Å². The van der Waals surface area contributed by atoms with E-state index in [9.17, 15) is 4.79 Å². The molecule has 0 amide bonds. The lowest BCUT2D eigenvalue weighted by molar-refractivity contribution is 0.104. The third kappa shape index (κ3) is 5.32. The van der Waals surface area contributed by atoms with E-state index < -0.39 is 0 Å². The molecule has 0 bridgehead atoms. The highest BCUT2D eigenvalue weighted by Crippen LogP contribution is 2.21. The zero-order valence-electron chi connectivity index (χ0n) is 15.3. The van der Waals surface area contributed by atoms with Crippen molar-refractivity contribution in [1.29, 1.82) is 0 Å². The minimum atomic E-state index is -0.0902. The lowest BCUT2D eigenvalue weighted by Crippen LogP contribution is -2.02. The van der Waals surface area contributed by atoms with Crippen LogP contribution >= 0.6 is 0 Å². The molecule has 0 aliphatic rings. The van der Waals surface area contributed by atoms with Crippen molar-refractivity contribution in [3.63, 3.8) is 0 Å². The van der Waals surface area contributed by atoms with Crippen LogP contribution in [0.3, 0.4) is 0 Å². The number of ether oxygens (including phenoxy) is 2. The van der Waals surface area contributed by atoms with Gasteiger partial charge in [-0.05, 0) is 48.4 Å². The molecular weight excluding hydrogens is 336 g/mol. The quantitative estimate of drug-likeness (QED) is 0.391. The van der Waals surface area contributed by atoms with E-state index in [1.165, 1.54) is 0 Å². The number of para-hydroxylation sites is 1. The largest absolute Gasteiger partial charge is 0.494 e. The van der Waals surface area contributed by atoms with Crippen LogP contribution in [0.4, 0.5) is 0 Å². The van der Waals surface area contributed by atoms with E-state index in [4.69, 9.17) is 9.47 Å². The van der Waals surface area contributed by atoms with E-state index in [2.05, 4.69) is 0 Å². The van der Waals surface area contributed by atoms with Crippen molar-refractivity contribution in [3.05, 3.63) is 102 Å². The minimum Gasteiger partial charge on any atom is -0.494 e. The third-order valence-electron chi connectivity index (χ3n) is 4.01. The summed E-state index contributed by atoms with van der Waals surface area (Å²) >= 11 is 0. The second kappa shape index (κ2) is 9.39. The Morgan fingerprint density at radius 2 is 1.56 bits per heavy atom. The van der Waals surface area contributed by atoms with Gasteiger partial charge in [-0.3, -0.25) is 4.79 Å². The van der Waals surface area contributed by atoms with Crippen LogP contribution in [0.15, 0.2) is 84.9 Å². The molecule has 0 fully saturated rings. The number of hydrogen-bond donors (Lipinski definition) is 0. The highest BCUT2D eigenvalue weighted by atomic mass is 16.5. The first-order valence-electron chi connectivity index (χ1n) is 8.97. The number of ketones is 1. The molecule has 3 aromatic carbocycles. The topological polar surface area (TPSA) is 35.5 Å². The Morgan fingerprint density at radius 3 is 2.30 bits per heavy atom. The minimum absolute atomic E-state index is 0.0902. The number of carbonyl (C=O) groups is 1. The van der Waals surface area contributed by atoms with Gasteiger partial charge in [-0.25, -0.2) is 0 Å². The molecule has 136 valence electrons. The highest BCUT2D eigenvalue weighted by molar-refractivity contribution is 6.08. The fourth-order valence-corrected chi connectivity index (χ4v) is 2.63. The Hall–Kier alpha value is -3.33. The van der Waals surface area contributed by atoms with E-state index in [-0.39, 0.29) is 5.78 Å². The molecule has 3 nitrogen and oxygen atoms in total. The number of allylic oxidation sites excluding steroid dienone is 1. The van der Waals surface area contributed by atoms with E-state index >= 15 is 0 Å².